The normalized spacial score (nSPS) is 27.5. The van der Waals surface area contributed by atoms with Crippen LogP contribution in [0.25, 0.3) is 5.65 Å². The van der Waals surface area contributed by atoms with Crippen LogP contribution in [-0.4, -0.2) is 81.0 Å². The van der Waals surface area contributed by atoms with Gasteiger partial charge in [0, 0.05) is 50.1 Å². The highest BCUT2D eigenvalue weighted by Gasteiger charge is 2.54. The lowest BCUT2D eigenvalue weighted by Gasteiger charge is -2.60. The van der Waals surface area contributed by atoms with Gasteiger partial charge in [-0.3, -0.25) is 9.20 Å². The van der Waals surface area contributed by atoms with Crippen molar-refractivity contribution in [3.8, 4) is 0 Å². The van der Waals surface area contributed by atoms with E-state index >= 15 is 0 Å². The zero-order valence-electron chi connectivity index (χ0n) is 17.2. The Hall–Kier alpha value is -2.88. The maximum absolute atomic E-state index is 12.9. The maximum Gasteiger partial charge on any atom is 0.353 e. The van der Waals surface area contributed by atoms with E-state index in [2.05, 4.69) is 15.3 Å². The molecule has 1 saturated carbocycles. The van der Waals surface area contributed by atoms with Crippen LogP contribution in [-0.2, 0) is 16.0 Å². The monoisotopic (exact) mass is 426 g/mol. The van der Waals surface area contributed by atoms with Gasteiger partial charge in [-0.25, -0.2) is 9.59 Å². The van der Waals surface area contributed by atoms with E-state index in [4.69, 9.17) is 4.74 Å². The van der Waals surface area contributed by atoms with Gasteiger partial charge in [-0.2, -0.15) is 4.98 Å². The van der Waals surface area contributed by atoms with Crippen molar-refractivity contribution in [2.75, 3.05) is 32.8 Å². The third kappa shape index (κ3) is 3.20. The van der Waals surface area contributed by atoms with E-state index < -0.39 is 0 Å². The van der Waals surface area contributed by atoms with Crippen molar-refractivity contribution >= 4 is 17.6 Å². The molecule has 164 valence electrons. The van der Waals surface area contributed by atoms with E-state index in [1.54, 1.807) is 12.4 Å². The summed E-state index contributed by atoms with van der Waals surface area (Å²) in [5.74, 6) is 0.401. The smallest absolute Gasteiger partial charge is 0.353 e. The van der Waals surface area contributed by atoms with Crippen LogP contribution in [0.4, 0.5) is 4.79 Å². The van der Waals surface area contributed by atoms with E-state index in [1.807, 2.05) is 15.9 Å². The van der Waals surface area contributed by atoms with Gasteiger partial charge >= 0.3 is 11.7 Å². The molecule has 3 aliphatic heterocycles. The Morgan fingerprint density at radius 3 is 2.94 bits per heavy atom. The fourth-order valence-electron chi connectivity index (χ4n) is 5.93. The standard InChI is InChI=1S/C21H26N6O4/c28-18-10-31-16-1-3-25(9-15(16)24-18)20(30)26-11-21(12-26)7-13(8-21)5-14-6-17-22-2-4-27(17)19(29)23-14/h2,4,6,13,15-16,22H,1,3,5,7-12H2,(H,24,28)/t15-,16+/m1/s1. The SMILES string of the molecule is O=C1CO[C@H]2CCN(C(=O)N3CC4(CC(Cc5cc6[nH]ccn6c(=O)n5)C4)C3)C[C@H]2N1. The molecule has 10 heteroatoms. The molecule has 4 fully saturated rings. The van der Waals surface area contributed by atoms with E-state index in [-0.39, 0.29) is 41.8 Å². The van der Waals surface area contributed by atoms with E-state index in [0.29, 0.717) is 19.0 Å². The first kappa shape index (κ1) is 18.9. The largest absolute Gasteiger partial charge is 0.366 e. The lowest BCUT2D eigenvalue weighted by molar-refractivity contribution is -0.140. The predicted octanol–water partition coefficient (Wildman–Crippen LogP) is -0.0136. The minimum atomic E-state index is -0.244. The number of hydrogen-bond acceptors (Lipinski definition) is 5. The van der Waals surface area contributed by atoms with E-state index in [1.165, 1.54) is 4.40 Å². The van der Waals surface area contributed by atoms with Crippen LogP contribution < -0.4 is 11.0 Å². The zero-order chi connectivity index (χ0) is 21.2. The number of rotatable bonds is 2. The summed E-state index contributed by atoms with van der Waals surface area (Å²) in [6.45, 7) is 2.89. The highest BCUT2D eigenvalue weighted by Crippen LogP contribution is 2.53. The number of H-pyrrole nitrogens is 1. The Kier molecular flexibility index (Phi) is 4.14. The Morgan fingerprint density at radius 2 is 2.10 bits per heavy atom. The molecule has 5 heterocycles. The molecular weight excluding hydrogens is 400 g/mol. The predicted molar refractivity (Wildman–Crippen MR) is 110 cm³/mol. The number of piperidine rings is 1. The molecule has 3 amide bonds. The highest BCUT2D eigenvalue weighted by molar-refractivity contribution is 5.79. The number of nitrogens with zero attached hydrogens (tertiary/aromatic N) is 4. The third-order valence-corrected chi connectivity index (χ3v) is 7.32. The summed E-state index contributed by atoms with van der Waals surface area (Å²) in [6.07, 6.45) is 7.13. The topological polar surface area (TPSA) is 112 Å². The van der Waals surface area contributed by atoms with Crippen molar-refractivity contribution in [3.63, 3.8) is 0 Å². The number of amides is 3. The molecule has 1 spiro atoms. The Labute approximate surface area is 178 Å². The van der Waals surface area contributed by atoms with Gasteiger partial charge in [-0.1, -0.05) is 0 Å². The minimum absolute atomic E-state index is 0.0173. The van der Waals surface area contributed by atoms with Gasteiger partial charge < -0.3 is 24.8 Å². The molecule has 0 aromatic carbocycles. The number of morpholine rings is 1. The number of carbonyl (C=O) groups excluding carboxylic acids is 2. The van der Waals surface area contributed by atoms with Crippen molar-refractivity contribution in [2.45, 2.75) is 37.8 Å². The molecule has 2 aromatic heterocycles. The minimum Gasteiger partial charge on any atom is -0.366 e. The molecule has 2 aromatic rings. The van der Waals surface area contributed by atoms with Gasteiger partial charge in [0.2, 0.25) is 5.91 Å². The molecule has 0 radical (unpaired) electrons. The van der Waals surface area contributed by atoms with Gasteiger partial charge in [-0.05, 0) is 31.6 Å². The molecule has 2 N–H and O–H groups in total. The number of ether oxygens (including phenoxy) is 1. The second kappa shape index (κ2) is 6.81. The number of aromatic nitrogens is 3. The molecule has 3 saturated heterocycles. The zero-order valence-corrected chi connectivity index (χ0v) is 17.2. The van der Waals surface area contributed by atoms with Crippen molar-refractivity contribution in [1.29, 1.82) is 0 Å². The number of nitrogens with one attached hydrogen (secondary N) is 2. The van der Waals surface area contributed by atoms with Gasteiger partial charge in [0.05, 0.1) is 17.8 Å². The first-order valence-corrected chi connectivity index (χ1v) is 11.0. The first-order valence-electron chi connectivity index (χ1n) is 11.0. The van der Waals surface area contributed by atoms with Crippen molar-refractivity contribution in [2.24, 2.45) is 11.3 Å². The summed E-state index contributed by atoms with van der Waals surface area (Å²) in [4.78, 5) is 47.6. The van der Waals surface area contributed by atoms with Crippen LogP contribution in [0.15, 0.2) is 23.3 Å². The summed E-state index contributed by atoms with van der Waals surface area (Å²) in [5, 5.41) is 2.95. The fraction of sp³-hybridized carbons (Fsp3) is 0.619. The molecule has 31 heavy (non-hydrogen) atoms. The lowest BCUT2D eigenvalue weighted by Crippen LogP contribution is -2.68. The summed E-state index contributed by atoms with van der Waals surface area (Å²) in [7, 11) is 0. The number of carbonyl (C=O) groups is 2. The molecule has 6 rings (SSSR count). The first-order chi connectivity index (χ1) is 15.0. The Morgan fingerprint density at radius 1 is 1.26 bits per heavy atom. The van der Waals surface area contributed by atoms with Crippen LogP contribution in [0.1, 0.15) is 25.0 Å². The van der Waals surface area contributed by atoms with Crippen LogP contribution in [0, 0.1) is 11.3 Å². The van der Waals surface area contributed by atoms with Crippen LogP contribution in [0.2, 0.25) is 0 Å². The van der Waals surface area contributed by atoms with Crippen molar-refractivity contribution in [3.05, 3.63) is 34.6 Å². The molecule has 1 aliphatic carbocycles. The van der Waals surface area contributed by atoms with Crippen molar-refractivity contribution in [1.82, 2.24) is 29.5 Å². The molecule has 4 aliphatic rings. The highest BCUT2D eigenvalue weighted by atomic mass is 16.5. The van der Waals surface area contributed by atoms with E-state index in [9.17, 15) is 14.4 Å². The number of urea groups is 1. The van der Waals surface area contributed by atoms with Crippen LogP contribution >= 0.6 is 0 Å². The number of hydrogen-bond donors (Lipinski definition) is 2. The van der Waals surface area contributed by atoms with Crippen molar-refractivity contribution < 1.29 is 14.3 Å². The summed E-state index contributed by atoms with van der Waals surface area (Å²) < 4.78 is 7.09. The van der Waals surface area contributed by atoms with Gasteiger partial charge in [0.1, 0.15) is 12.3 Å². The van der Waals surface area contributed by atoms with E-state index in [0.717, 1.165) is 50.1 Å². The maximum atomic E-state index is 12.9. The summed E-state index contributed by atoms with van der Waals surface area (Å²) >= 11 is 0. The number of aromatic amines is 1. The number of likely N-dealkylation sites (tertiary alicyclic amines) is 2. The Bertz CT molecular complexity index is 1090. The quantitative estimate of drug-likeness (QED) is 0.701. The van der Waals surface area contributed by atoms with Gasteiger partial charge in [-0.15, -0.1) is 0 Å². The van der Waals surface area contributed by atoms with Crippen LogP contribution in [0.3, 0.4) is 0 Å². The summed E-state index contributed by atoms with van der Waals surface area (Å²) in [6, 6.07) is 1.91. The molecular formula is C21H26N6O4. The Balaban J connectivity index is 1.01. The number of fused-ring (bicyclic) bond motifs is 2. The molecule has 2 atom stereocenters. The fourth-order valence-corrected chi connectivity index (χ4v) is 5.93. The second-order valence-corrected chi connectivity index (χ2v) is 9.62. The average molecular weight is 426 g/mol. The second-order valence-electron chi connectivity index (χ2n) is 9.62. The lowest BCUT2D eigenvalue weighted by atomic mass is 9.57. The molecule has 0 bridgehead atoms. The van der Waals surface area contributed by atoms with Gasteiger partial charge in [0.15, 0.2) is 0 Å². The summed E-state index contributed by atoms with van der Waals surface area (Å²) in [5.41, 5.74) is 1.59. The molecule has 10 nitrogen and oxygen atoms in total. The average Bonchev–Trinajstić information content (AvgIpc) is 3.17. The third-order valence-electron chi connectivity index (χ3n) is 7.32. The molecule has 0 unspecified atom stereocenters. The van der Waals surface area contributed by atoms with Gasteiger partial charge in [0.25, 0.3) is 0 Å². The number of imidazole rings is 1. The van der Waals surface area contributed by atoms with Crippen LogP contribution in [0.5, 0.6) is 0 Å².